The third kappa shape index (κ3) is 5.31. The number of piperidine rings is 1. The van der Waals surface area contributed by atoms with E-state index in [-0.39, 0.29) is 41.5 Å². The van der Waals surface area contributed by atoms with E-state index in [1.807, 2.05) is 13.0 Å². The number of benzene rings is 2. The highest BCUT2D eigenvalue weighted by Gasteiger charge is 2.31. The molecule has 196 valence electrons. The molecular formula is C26H28Cl2FN5O3. The zero-order chi connectivity index (χ0) is 26.3. The highest BCUT2D eigenvalue weighted by molar-refractivity contribution is 6.35. The molecule has 1 saturated heterocycles. The number of anilines is 1. The van der Waals surface area contributed by atoms with Crippen LogP contribution in [0, 0.1) is 5.82 Å². The fourth-order valence-corrected chi connectivity index (χ4v) is 6.02. The number of hydrogen-bond donors (Lipinski definition) is 4. The predicted molar refractivity (Wildman–Crippen MR) is 142 cm³/mol. The number of aliphatic hydroxyl groups is 1. The molecule has 0 saturated carbocycles. The Morgan fingerprint density at radius 1 is 1.27 bits per heavy atom. The minimum atomic E-state index is -0.958. The van der Waals surface area contributed by atoms with Crippen LogP contribution >= 0.6 is 23.2 Å². The SMILES string of the molecule is CC1c2c(Cl)cc(Cl)cc2CCN1C(=O)CNc1cc2nc(CC3(O)CCNCC3)[nH]c(=O)c2cc1F. The van der Waals surface area contributed by atoms with Crippen molar-refractivity contribution in [2.24, 2.45) is 0 Å². The number of halogens is 3. The van der Waals surface area contributed by atoms with Gasteiger partial charge in [-0.05, 0) is 74.7 Å². The van der Waals surface area contributed by atoms with Gasteiger partial charge in [-0.25, -0.2) is 9.37 Å². The molecule has 1 atom stereocenters. The van der Waals surface area contributed by atoms with E-state index in [1.54, 1.807) is 11.0 Å². The summed E-state index contributed by atoms with van der Waals surface area (Å²) < 4.78 is 14.8. The second kappa shape index (κ2) is 10.2. The number of aromatic nitrogens is 2. The molecule has 3 heterocycles. The Morgan fingerprint density at radius 2 is 2.03 bits per heavy atom. The van der Waals surface area contributed by atoms with E-state index < -0.39 is 17.0 Å². The Labute approximate surface area is 223 Å². The molecule has 2 aliphatic heterocycles. The van der Waals surface area contributed by atoms with Crippen LogP contribution in [0.5, 0.6) is 0 Å². The Balaban J connectivity index is 1.33. The molecule has 0 bridgehead atoms. The zero-order valence-electron chi connectivity index (χ0n) is 20.3. The summed E-state index contributed by atoms with van der Waals surface area (Å²) in [6.45, 7) is 3.62. The van der Waals surface area contributed by atoms with Crippen LogP contribution in [0.1, 0.15) is 42.8 Å². The van der Waals surface area contributed by atoms with Crippen molar-refractivity contribution in [2.45, 2.75) is 44.2 Å². The number of nitrogens with zero attached hydrogens (tertiary/aromatic N) is 2. The van der Waals surface area contributed by atoms with Crippen molar-refractivity contribution in [2.75, 3.05) is 31.5 Å². The lowest BCUT2D eigenvalue weighted by Crippen LogP contribution is -2.44. The summed E-state index contributed by atoms with van der Waals surface area (Å²) in [5.41, 5.74) is 0.812. The summed E-state index contributed by atoms with van der Waals surface area (Å²) in [7, 11) is 0. The topological polar surface area (TPSA) is 110 Å². The van der Waals surface area contributed by atoms with Gasteiger partial charge >= 0.3 is 0 Å². The van der Waals surface area contributed by atoms with Crippen molar-refractivity contribution in [3.63, 3.8) is 0 Å². The largest absolute Gasteiger partial charge is 0.389 e. The first-order chi connectivity index (χ1) is 17.6. The van der Waals surface area contributed by atoms with Crippen LogP contribution in [0.3, 0.4) is 0 Å². The molecule has 4 N–H and O–H groups in total. The summed E-state index contributed by atoms with van der Waals surface area (Å²) in [6.07, 6.45) is 1.91. The van der Waals surface area contributed by atoms with E-state index in [0.29, 0.717) is 54.8 Å². The van der Waals surface area contributed by atoms with Gasteiger partial charge in [0.05, 0.1) is 34.8 Å². The molecule has 3 aromatic rings. The third-order valence-corrected chi connectivity index (χ3v) is 7.84. The minimum absolute atomic E-state index is 0.0698. The number of amides is 1. The number of nitrogens with one attached hydrogen (secondary N) is 3. The molecule has 11 heteroatoms. The van der Waals surface area contributed by atoms with Crippen molar-refractivity contribution in [1.82, 2.24) is 20.2 Å². The minimum Gasteiger partial charge on any atom is -0.389 e. The van der Waals surface area contributed by atoms with Crippen molar-refractivity contribution in [3.8, 4) is 0 Å². The van der Waals surface area contributed by atoms with Crippen LogP contribution in [0.15, 0.2) is 29.1 Å². The van der Waals surface area contributed by atoms with E-state index in [0.717, 1.165) is 17.2 Å². The molecule has 0 aliphatic carbocycles. The molecule has 1 fully saturated rings. The molecule has 0 radical (unpaired) electrons. The number of aromatic amines is 1. The molecule has 5 rings (SSSR count). The zero-order valence-corrected chi connectivity index (χ0v) is 21.8. The van der Waals surface area contributed by atoms with E-state index in [1.165, 1.54) is 6.07 Å². The average molecular weight is 548 g/mol. The number of rotatable bonds is 5. The predicted octanol–water partition coefficient (Wildman–Crippen LogP) is 3.58. The molecule has 8 nitrogen and oxygen atoms in total. The van der Waals surface area contributed by atoms with Gasteiger partial charge in [0.25, 0.3) is 5.56 Å². The van der Waals surface area contributed by atoms with Crippen LogP contribution in [0.4, 0.5) is 10.1 Å². The first kappa shape index (κ1) is 25.9. The van der Waals surface area contributed by atoms with Gasteiger partial charge in [0, 0.05) is 23.0 Å². The summed E-state index contributed by atoms with van der Waals surface area (Å²) in [6, 6.07) is 5.82. The lowest BCUT2D eigenvalue weighted by molar-refractivity contribution is -0.131. The van der Waals surface area contributed by atoms with Crippen LogP contribution in [0.2, 0.25) is 10.0 Å². The molecule has 2 aliphatic rings. The van der Waals surface area contributed by atoms with Gasteiger partial charge in [-0.2, -0.15) is 0 Å². The van der Waals surface area contributed by atoms with Crippen molar-refractivity contribution < 1.29 is 14.3 Å². The Hall–Kier alpha value is -2.72. The lowest BCUT2D eigenvalue weighted by atomic mass is 9.89. The number of carbonyl (C=O) groups is 1. The summed E-state index contributed by atoms with van der Waals surface area (Å²) >= 11 is 12.5. The van der Waals surface area contributed by atoms with E-state index >= 15 is 0 Å². The van der Waals surface area contributed by atoms with Gasteiger partial charge in [-0.1, -0.05) is 23.2 Å². The quantitative estimate of drug-likeness (QED) is 0.388. The Bertz CT molecular complexity index is 1420. The normalized spacial score (nSPS) is 19.1. The van der Waals surface area contributed by atoms with E-state index in [2.05, 4.69) is 20.6 Å². The fourth-order valence-electron chi connectivity index (χ4n) is 5.32. The number of hydrogen-bond acceptors (Lipinski definition) is 6. The molecule has 0 spiro atoms. The summed E-state index contributed by atoms with van der Waals surface area (Å²) in [5.74, 6) is -0.531. The smallest absolute Gasteiger partial charge is 0.258 e. The van der Waals surface area contributed by atoms with E-state index in [4.69, 9.17) is 23.2 Å². The highest BCUT2D eigenvalue weighted by Crippen LogP contribution is 2.37. The maximum absolute atomic E-state index is 14.8. The molecule has 2 aromatic carbocycles. The van der Waals surface area contributed by atoms with Gasteiger partial charge in [0.2, 0.25) is 5.91 Å². The number of H-pyrrole nitrogens is 1. The standard InChI is InChI=1S/C26H28Cl2FN5O3/c1-14-24-15(8-16(27)9-18(24)28)2-7-34(14)23(35)13-31-21-11-20-17(10-19(21)29)25(36)33-22(32-20)12-26(37)3-5-30-6-4-26/h8-11,14,30-31,37H,2-7,12-13H2,1H3,(H,32,33,36). The average Bonchev–Trinajstić information content (AvgIpc) is 2.83. The van der Waals surface area contributed by atoms with Gasteiger partial charge in [-0.15, -0.1) is 0 Å². The highest BCUT2D eigenvalue weighted by atomic mass is 35.5. The van der Waals surface area contributed by atoms with Crippen LogP contribution in [-0.4, -0.2) is 57.7 Å². The number of carbonyl (C=O) groups excluding carboxylic acids is 1. The molecular weight excluding hydrogens is 520 g/mol. The van der Waals surface area contributed by atoms with Gasteiger partial charge in [0.15, 0.2) is 0 Å². The summed E-state index contributed by atoms with van der Waals surface area (Å²) in [5, 5.41) is 18.1. The van der Waals surface area contributed by atoms with Crippen molar-refractivity contribution >= 4 is 45.7 Å². The first-order valence-corrected chi connectivity index (χ1v) is 13.1. The molecule has 1 amide bonds. The first-order valence-electron chi connectivity index (χ1n) is 12.3. The maximum atomic E-state index is 14.8. The van der Waals surface area contributed by atoms with Crippen LogP contribution < -0.4 is 16.2 Å². The second-order valence-electron chi connectivity index (χ2n) is 9.84. The van der Waals surface area contributed by atoms with Crippen LogP contribution in [-0.2, 0) is 17.6 Å². The third-order valence-electron chi connectivity index (χ3n) is 7.31. The molecule has 37 heavy (non-hydrogen) atoms. The van der Waals surface area contributed by atoms with E-state index in [9.17, 15) is 19.1 Å². The second-order valence-corrected chi connectivity index (χ2v) is 10.7. The van der Waals surface area contributed by atoms with Crippen molar-refractivity contribution in [3.05, 3.63) is 67.4 Å². The van der Waals surface area contributed by atoms with Crippen molar-refractivity contribution in [1.29, 1.82) is 0 Å². The molecule has 1 unspecified atom stereocenters. The monoisotopic (exact) mass is 547 g/mol. The Morgan fingerprint density at radius 3 is 2.78 bits per heavy atom. The van der Waals surface area contributed by atoms with Crippen LogP contribution in [0.25, 0.3) is 10.9 Å². The maximum Gasteiger partial charge on any atom is 0.258 e. The number of fused-ring (bicyclic) bond motifs is 2. The lowest BCUT2D eigenvalue weighted by Gasteiger charge is -2.36. The fraction of sp³-hybridized carbons (Fsp3) is 0.423. The van der Waals surface area contributed by atoms with Gasteiger partial charge < -0.3 is 25.6 Å². The van der Waals surface area contributed by atoms with Gasteiger partial charge in [0.1, 0.15) is 11.6 Å². The Kier molecular flexibility index (Phi) is 7.15. The summed E-state index contributed by atoms with van der Waals surface area (Å²) in [4.78, 5) is 34.5. The molecule has 1 aromatic heterocycles. The van der Waals surface area contributed by atoms with Gasteiger partial charge in [-0.3, -0.25) is 9.59 Å².